The first-order chi connectivity index (χ1) is 20.5. The van der Waals surface area contributed by atoms with Crippen LogP contribution in [0.3, 0.4) is 0 Å². The van der Waals surface area contributed by atoms with Crippen LogP contribution in [-0.2, 0) is 19.0 Å². The summed E-state index contributed by atoms with van der Waals surface area (Å²) >= 11 is 6.94. The van der Waals surface area contributed by atoms with Crippen LogP contribution < -0.4 is 26.6 Å². The third-order valence-corrected chi connectivity index (χ3v) is 10.7. The highest BCUT2D eigenvalue weighted by Gasteiger charge is 2.42. The number of alkyl halides is 1. The smallest absolute Gasteiger partial charge is 0.237 e. The fourth-order valence-electron chi connectivity index (χ4n) is 7.61. The molecule has 12 nitrogen and oxygen atoms in total. The summed E-state index contributed by atoms with van der Waals surface area (Å²) in [6.07, 6.45) is 6.93. The third-order valence-electron chi connectivity index (χ3n) is 10.1. The lowest BCUT2D eigenvalue weighted by atomic mass is 9.73. The highest BCUT2D eigenvalue weighted by molar-refractivity contribution is 6.21. The number of aliphatic hydroxyl groups excluding tert-OH is 1. The van der Waals surface area contributed by atoms with Gasteiger partial charge in [0.05, 0.1) is 68.5 Å². The first-order valence-electron chi connectivity index (χ1n) is 16.4. The molecule has 6 fully saturated rings. The second kappa shape index (κ2) is 15.1. The molecule has 0 aromatic heterocycles. The summed E-state index contributed by atoms with van der Waals surface area (Å²) in [5.41, 5.74) is 0. The summed E-state index contributed by atoms with van der Waals surface area (Å²) < 4.78 is 17.1. The highest BCUT2D eigenvalue weighted by Crippen LogP contribution is 2.40. The predicted octanol–water partition coefficient (Wildman–Crippen LogP) is -0.831. The summed E-state index contributed by atoms with van der Waals surface area (Å²) in [4.78, 5) is 18.0. The molecule has 42 heavy (non-hydrogen) atoms. The van der Waals surface area contributed by atoms with Gasteiger partial charge in [0.15, 0.2) is 0 Å². The average Bonchev–Trinajstić information content (AvgIpc) is 3.51. The van der Waals surface area contributed by atoms with Crippen molar-refractivity contribution in [2.24, 2.45) is 11.8 Å². The van der Waals surface area contributed by atoms with E-state index in [2.05, 4.69) is 36.4 Å². The Morgan fingerprint density at radius 1 is 1.12 bits per heavy atom. The van der Waals surface area contributed by atoms with Crippen LogP contribution in [-0.4, -0.2) is 141 Å². The van der Waals surface area contributed by atoms with Crippen molar-refractivity contribution < 1.29 is 24.1 Å². The Bertz CT molecular complexity index is 862. The number of nitrogens with zero attached hydrogens (tertiary/aromatic N) is 2. The van der Waals surface area contributed by atoms with Gasteiger partial charge >= 0.3 is 0 Å². The Balaban J connectivity index is 0.931. The molecule has 0 bridgehead atoms. The molecule has 0 aromatic carbocycles. The van der Waals surface area contributed by atoms with Gasteiger partial charge in [-0.3, -0.25) is 31.0 Å². The van der Waals surface area contributed by atoms with Crippen LogP contribution in [0.5, 0.6) is 0 Å². The molecule has 1 amide bonds. The second-order valence-electron chi connectivity index (χ2n) is 13.2. The van der Waals surface area contributed by atoms with Crippen molar-refractivity contribution in [2.75, 3.05) is 72.4 Å². The lowest BCUT2D eigenvalue weighted by molar-refractivity contribution is -0.126. The molecule has 9 atom stereocenters. The lowest BCUT2D eigenvalue weighted by Gasteiger charge is -2.46. The summed E-state index contributed by atoms with van der Waals surface area (Å²) in [5, 5.41) is 28.0. The normalized spacial score (nSPS) is 39.4. The summed E-state index contributed by atoms with van der Waals surface area (Å²) in [6, 6.07) is 0.00665. The van der Waals surface area contributed by atoms with Crippen molar-refractivity contribution in [3.63, 3.8) is 0 Å². The number of hydrogen-bond acceptors (Lipinski definition) is 11. The van der Waals surface area contributed by atoms with E-state index in [1.54, 1.807) is 0 Å². The van der Waals surface area contributed by atoms with Crippen LogP contribution in [0.1, 0.15) is 44.9 Å². The number of amides is 1. The molecular formula is C29H52ClN7O5. The monoisotopic (exact) mass is 613 g/mol. The fraction of sp³-hybridized carbons (Fsp3) is 0.966. The van der Waals surface area contributed by atoms with Crippen LogP contribution in [0.15, 0.2) is 0 Å². The van der Waals surface area contributed by atoms with Gasteiger partial charge < -0.3 is 29.5 Å². The van der Waals surface area contributed by atoms with Gasteiger partial charge in [0, 0.05) is 45.7 Å². The second-order valence-corrected chi connectivity index (χ2v) is 13.7. The van der Waals surface area contributed by atoms with E-state index in [4.69, 9.17) is 25.8 Å². The van der Waals surface area contributed by atoms with Gasteiger partial charge in [-0.05, 0) is 50.5 Å². The van der Waals surface area contributed by atoms with Crippen molar-refractivity contribution >= 4 is 17.5 Å². The van der Waals surface area contributed by atoms with E-state index in [0.29, 0.717) is 44.2 Å². The van der Waals surface area contributed by atoms with E-state index >= 15 is 0 Å². The third kappa shape index (κ3) is 8.14. The predicted molar refractivity (Wildman–Crippen MR) is 159 cm³/mol. The number of carbonyl (C=O) groups is 1. The van der Waals surface area contributed by atoms with Gasteiger partial charge in [0.1, 0.15) is 6.29 Å². The Kier molecular flexibility index (Phi) is 11.3. The Labute approximate surface area is 255 Å². The number of fused-ring (bicyclic) bond motifs is 1. The van der Waals surface area contributed by atoms with Gasteiger partial charge in [-0.25, -0.2) is 0 Å². The van der Waals surface area contributed by atoms with Crippen LogP contribution in [0.25, 0.3) is 0 Å². The molecular weight excluding hydrogens is 562 g/mol. The minimum Gasteiger partial charge on any atom is -0.390 e. The molecule has 0 aromatic rings. The van der Waals surface area contributed by atoms with Crippen LogP contribution in [0.2, 0.25) is 0 Å². The van der Waals surface area contributed by atoms with Crippen molar-refractivity contribution in [3.05, 3.63) is 0 Å². The maximum Gasteiger partial charge on any atom is 0.237 e. The topological polar surface area (TPSA) is 132 Å². The minimum atomic E-state index is -0.613. The minimum absolute atomic E-state index is 0.0193. The van der Waals surface area contributed by atoms with Crippen LogP contribution >= 0.6 is 11.6 Å². The Hall–Kier alpha value is -0.640. The van der Waals surface area contributed by atoms with Crippen molar-refractivity contribution in [1.82, 2.24) is 36.4 Å². The zero-order valence-corrected chi connectivity index (χ0v) is 25.6. The molecule has 13 heteroatoms. The lowest BCUT2D eigenvalue weighted by Crippen LogP contribution is -2.72. The number of rotatable bonds is 11. The molecule has 0 radical (unpaired) electrons. The Morgan fingerprint density at radius 3 is 2.74 bits per heavy atom. The van der Waals surface area contributed by atoms with E-state index in [0.717, 1.165) is 65.2 Å². The summed E-state index contributed by atoms with van der Waals surface area (Å²) in [6.45, 7) is 8.18. The maximum absolute atomic E-state index is 13.3. The van der Waals surface area contributed by atoms with Crippen molar-refractivity contribution in [1.29, 1.82) is 0 Å². The van der Waals surface area contributed by atoms with Gasteiger partial charge in [-0.1, -0.05) is 6.42 Å². The number of aliphatic hydroxyl groups is 1. The van der Waals surface area contributed by atoms with E-state index in [1.807, 2.05) is 0 Å². The number of carbonyl (C=O) groups excluding carboxylic acids is 1. The maximum atomic E-state index is 13.3. The van der Waals surface area contributed by atoms with Crippen LogP contribution in [0, 0.1) is 11.8 Å². The number of hydrogen-bond donors (Lipinski definition) is 6. The molecule has 8 unspecified atom stereocenters. The number of nitrogens with one attached hydrogen (secondary N) is 5. The van der Waals surface area contributed by atoms with E-state index in [1.165, 1.54) is 19.3 Å². The van der Waals surface area contributed by atoms with Crippen LogP contribution in [0.4, 0.5) is 0 Å². The number of ether oxygens (including phenoxy) is 3. The fourth-order valence-corrected chi connectivity index (χ4v) is 8.14. The van der Waals surface area contributed by atoms with E-state index in [9.17, 15) is 9.90 Å². The highest BCUT2D eigenvalue weighted by atomic mass is 35.5. The molecule has 5 saturated heterocycles. The van der Waals surface area contributed by atoms with Gasteiger partial charge in [0.25, 0.3) is 0 Å². The molecule has 5 heterocycles. The largest absolute Gasteiger partial charge is 0.390 e. The molecule has 6 rings (SSSR count). The van der Waals surface area contributed by atoms with Gasteiger partial charge in [0.2, 0.25) is 5.91 Å². The number of piperidine rings is 2. The number of likely N-dealkylation sites (tertiary alicyclic amines) is 2. The first-order valence-corrected chi connectivity index (χ1v) is 16.8. The molecule has 6 N–H and O–H groups in total. The molecule has 1 aliphatic carbocycles. The zero-order chi connectivity index (χ0) is 28.9. The quantitative estimate of drug-likeness (QED) is 0.163. The SMILES string of the molecule is O=C(NC[C@H](O)CN1CCC2C(CCC(OCC3CNCO3)C2Cl)C1)C1CC(NC2COC2)NC(N2CCCCC2)N1. The van der Waals surface area contributed by atoms with Crippen molar-refractivity contribution in [2.45, 2.75) is 93.2 Å². The standard InChI is InChI=1S/C29H52ClN7O5/c30-27-23-6-9-36(13-19(23)4-5-25(27)41-17-22-12-31-18-42-22)14-21(38)11-32-28(39)24-10-26(33-20-15-40-16-20)35-29(34-24)37-7-2-1-3-8-37/h19-27,29,31,33-35,38H,1-18H2,(H,32,39)/t19?,21-,22?,23?,24?,25?,26?,27?,29?/m0/s1. The molecule has 5 aliphatic heterocycles. The van der Waals surface area contributed by atoms with E-state index in [-0.39, 0.29) is 48.5 Å². The molecule has 0 spiro atoms. The van der Waals surface area contributed by atoms with Crippen molar-refractivity contribution in [3.8, 4) is 0 Å². The Morgan fingerprint density at radius 2 is 1.98 bits per heavy atom. The molecule has 6 aliphatic rings. The van der Waals surface area contributed by atoms with Gasteiger partial charge in [-0.15, -0.1) is 11.6 Å². The molecule has 240 valence electrons. The number of β-amino-alcohol motifs (C(OH)–C–C–N with tert-alkyl or cyclic N) is 1. The van der Waals surface area contributed by atoms with E-state index < -0.39 is 6.10 Å². The van der Waals surface area contributed by atoms with Gasteiger partial charge in [-0.2, -0.15) is 0 Å². The molecule has 1 saturated carbocycles. The zero-order valence-electron chi connectivity index (χ0n) is 24.9. The first kappa shape index (κ1) is 31.3. The average molecular weight is 614 g/mol. The summed E-state index contributed by atoms with van der Waals surface area (Å²) in [5.74, 6) is 0.909. The number of halogens is 1. The summed E-state index contributed by atoms with van der Waals surface area (Å²) in [7, 11) is 0.